The Bertz CT molecular complexity index is 1380. The molecule has 10 nitrogen and oxygen atoms in total. The van der Waals surface area contributed by atoms with E-state index in [2.05, 4.69) is 5.32 Å². The molecular weight excluding hydrogens is 436 g/mol. The molecule has 11 heteroatoms. The fraction of sp³-hybridized carbons (Fsp3) is 0.190. The average Bonchev–Trinajstić information content (AvgIpc) is 3.47. The Kier molecular flexibility index (Phi) is 5.99. The second-order valence-corrected chi connectivity index (χ2v) is 7.91. The lowest BCUT2D eigenvalue weighted by Gasteiger charge is -2.12. The summed E-state index contributed by atoms with van der Waals surface area (Å²) in [6, 6.07) is 11.0. The maximum absolute atomic E-state index is 13.1. The molecule has 1 aromatic carbocycles. The Hall–Kier alpha value is -3.99. The van der Waals surface area contributed by atoms with Gasteiger partial charge in [0.25, 0.3) is 11.2 Å². The first-order valence-corrected chi connectivity index (χ1v) is 10.6. The number of hydrogen-bond donors (Lipinski definition) is 1. The first-order chi connectivity index (χ1) is 15.4. The van der Waals surface area contributed by atoms with Crippen LogP contribution in [0.4, 0.5) is 5.69 Å². The van der Waals surface area contributed by atoms with E-state index in [0.29, 0.717) is 21.5 Å². The van der Waals surface area contributed by atoms with Gasteiger partial charge in [-0.2, -0.15) is 0 Å². The normalized spacial score (nSPS) is 11.0. The van der Waals surface area contributed by atoms with Crippen LogP contribution >= 0.6 is 11.3 Å². The molecule has 164 valence electrons. The summed E-state index contributed by atoms with van der Waals surface area (Å²) in [5.74, 6) is 0.280. The molecule has 1 amide bonds. The Morgan fingerprint density at radius 3 is 2.59 bits per heavy atom. The van der Waals surface area contributed by atoms with Gasteiger partial charge in [0.05, 0.1) is 29.8 Å². The lowest BCUT2D eigenvalue weighted by Crippen LogP contribution is -2.40. The monoisotopic (exact) mass is 454 g/mol. The number of nitro benzene ring substituents is 1. The minimum atomic E-state index is -0.543. The largest absolute Gasteiger partial charge is 0.467 e. The molecule has 0 saturated carbocycles. The average molecular weight is 454 g/mol. The molecule has 0 atom stereocenters. The van der Waals surface area contributed by atoms with Crippen molar-refractivity contribution in [2.45, 2.75) is 26.1 Å². The zero-order valence-electron chi connectivity index (χ0n) is 16.7. The number of furan rings is 1. The number of nitrogens with zero attached hydrogens (tertiary/aromatic N) is 3. The van der Waals surface area contributed by atoms with Crippen LogP contribution in [0.1, 0.15) is 17.7 Å². The number of nitro groups is 1. The number of aromatic nitrogens is 2. The van der Waals surface area contributed by atoms with Gasteiger partial charge in [-0.15, -0.1) is 11.3 Å². The highest BCUT2D eigenvalue weighted by Crippen LogP contribution is 2.18. The number of nitrogens with one attached hydrogen (secondary N) is 1. The van der Waals surface area contributed by atoms with Gasteiger partial charge in [0.15, 0.2) is 0 Å². The number of non-ortho nitro benzene ring substituents is 1. The van der Waals surface area contributed by atoms with Crippen LogP contribution in [0.25, 0.3) is 10.2 Å². The van der Waals surface area contributed by atoms with E-state index in [1.165, 1.54) is 34.3 Å². The fourth-order valence-corrected chi connectivity index (χ4v) is 4.13. The Morgan fingerprint density at radius 2 is 1.91 bits per heavy atom. The molecule has 4 rings (SSSR count). The van der Waals surface area contributed by atoms with Gasteiger partial charge >= 0.3 is 5.69 Å². The smallest absolute Gasteiger partial charge is 0.331 e. The van der Waals surface area contributed by atoms with Gasteiger partial charge in [0, 0.05) is 25.1 Å². The predicted molar refractivity (Wildman–Crippen MR) is 118 cm³/mol. The summed E-state index contributed by atoms with van der Waals surface area (Å²) in [7, 11) is 0. The second kappa shape index (κ2) is 9.02. The van der Waals surface area contributed by atoms with Gasteiger partial charge in [-0.05, 0) is 29.1 Å². The topological polar surface area (TPSA) is 129 Å². The number of hydrogen-bond acceptors (Lipinski definition) is 7. The van der Waals surface area contributed by atoms with Gasteiger partial charge in [-0.3, -0.25) is 28.8 Å². The third kappa shape index (κ3) is 4.37. The molecule has 32 heavy (non-hydrogen) atoms. The summed E-state index contributed by atoms with van der Waals surface area (Å²) >= 11 is 1.22. The number of carbonyl (C=O) groups is 1. The van der Waals surface area contributed by atoms with Crippen LogP contribution in [0.2, 0.25) is 0 Å². The Labute approximate surface area is 184 Å². The van der Waals surface area contributed by atoms with Crippen LogP contribution < -0.4 is 16.6 Å². The molecule has 3 heterocycles. The molecular formula is C21H18N4O6S. The van der Waals surface area contributed by atoms with Gasteiger partial charge in [-0.1, -0.05) is 12.1 Å². The number of amides is 1. The van der Waals surface area contributed by atoms with E-state index in [0.717, 1.165) is 4.57 Å². The Balaban J connectivity index is 1.58. The summed E-state index contributed by atoms with van der Waals surface area (Å²) in [5, 5.41) is 15.3. The molecule has 1 N–H and O–H groups in total. The summed E-state index contributed by atoms with van der Waals surface area (Å²) < 4.78 is 8.05. The third-order valence-electron chi connectivity index (χ3n) is 4.93. The molecule has 0 aliphatic carbocycles. The second-order valence-electron chi connectivity index (χ2n) is 6.99. The number of fused-ring (bicyclic) bond motifs is 1. The highest BCUT2D eigenvalue weighted by molar-refractivity contribution is 7.17. The van der Waals surface area contributed by atoms with Crippen LogP contribution in [0, 0.1) is 10.1 Å². The molecule has 0 saturated heterocycles. The van der Waals surface area contributed by atoms with Crippen molar-refractivity contribution < 1.29 is 14.1 Å². The summed E-state index contributed by atoms with van der Waals surface area (Å²) in [4.78, 5) is 48.5. The zero-order valence-corrected chi connectivity index (χ0v) is 17.5. The van der Waals surface area contributed by atoms with Crippen molar-refractivity contribution >= 4 is 33.1 Å². The SMILES string of the molecule is O=C(CCn1c(=O)c2sccc2n(Cc2ccc([N+](=O)[O-])cc2)c1=O)NCc1ccco1. The third-order valence-corrected chi connectivity index (χ3v) is 5.82. The molecule has 0 spiro atoms. The van der Waals surface area contributed by atoms with Crippen LogP contribution in [-0.4, -0.2) is 20.0 Å². The van der Waals surface area contributed by atoms with Gasteiger partial charge in [-0.25, -0.2) is 4.79 Å². The number of thiophene rings is 1. The van der Waals surface area contributed by atoms with Crippen molar-refractivity contribution in [2.24, 2.45) is 0 Å². The van der Waals surface area contributed by atoms with E-state index in [9.17, 15) is 24.5 Å². The highest BCUT2D eigenvalue weighted by Gasteiger charge is 2.16. The van der Waals surface area contributed by atoms with E-state index in [-0.39, 0.29) is 37.6 Å². The van der Waals surface area contributed by atoms with Crippen molar-refractivity contribution in [2.75, 3.05) is 0 Å². The lowest BCUT2D eigenvalue weighted by atomic mass is 10.2. The molecule has 0 bridgehead atoms. The van der Waals surface area contributed by atoms with Crippen molar-refractivity contribution in [3.63, 3.8) is 0 Å². The van der Waals surface area contributed by atoms with Gasteiger partial charge < -0.3 is 9.73 Å². The van der Waals surface area contributed by atoms with Crippen molar-refractivity contribution in [3.8, 4) is 0 Å². The van der Waals surface area contributed by atoms with Crippen molar-refractivity contribution in [1.29, 1.82) is 0 Å². The standard InChI is InChI=1S/C21H18N4O6S/c26-18(22-12-16-2-1-10-31-16)7-9-23-20(27)19-17(8-11-32-19)24(21(23)28)13-14-3-5-15(6-4-14)25(29)30/h1-6,8,10-11H,7,9,12-13H2,(H,22,26). The Morgan fingerprint density at radius 1 is 1.12 bits per heavy atom. The fourth-order valence-electron chi connectivity index (χ4n) is 3.29. The van der Waals surface area contributed by atoms with Gasteiger partial charge in [0.1, 0.15) is 10.5 Å². The van der Waals surface area contributed by atoms with Crippen LogP contribution in [0.5, 0.6) is 0 Å². The lowest BCUT2D eigenvalue weighted by molar-refractivity contribution is -0.384. The first-order valence-electron chi connectivity index (χ1n) is 9.67. The van der Waals surface area contributed by atoms with Crippen molar-refractivity contribution in [3.05, 3.63) is 96.4 Å². The maximum atomic E-state index is 13.1. The van der Waals surface area contributed by atoms with Crippen molar-refractivity contribution in [1.82, 2.24) is 14.5 Å². The van der Waals surface area contributed by atoms with E-state index < -0.39 is 16.2 Å². The molecule has 0 unspecified atom stereocenters. The number of carbonyl (C=O) groups excluding carboxylic acids is 1. The minimum Gasteiger partial charge on any atom is -0.467 e. The molecule has 0 radical (unpaired) electrons. The molecule has 0 fully saturated rings. The highest BCUT2D eigenvalue weighted by atomic mass is 32.1. The minimum absolute atomic E-state index is 0.0488. The quantitative estimate of drug-likeness (QED) is 0.322. The summed E-state index contributed by atoms with van der Waals surface area (Å²) in [5.41, 5.74) is 0.123. The van der Waals surface area contributed by atoms with E-state index in [1.54, 1.807) is 35.7 Å². The summed E-state index contributed by atoms with van der Waals surface area (Å²) in [6.45, 7) is 0.278. The number of rotatable bonds is 8. The molecule has 3 aromatic heterocycles. The number of benzene rings is 1. The predicted octanol–water partition coefficient (Wildman–Crippen LogP) is 2.48. The van der Waals surface area contributed by atoms with Crippen LogP contribution in [-0.2, 0) is 24.4 Å². The molecule has 0 aliphatic rings. The van der Waals surface area contributed by atoms with Crippen LogP contribution in [0.15, 0.2) is 68.1 Å². The van der Waals surface area contributed by atoms with Crippen LogP contribution in [0.3, 0.4) is 0 Å². The zero-order chi connectivity index (χ0) is 22.7. The maximum Gasteiger partial charge on any atom is 0.331 e. The molecule has 0 aliphatic heterocycles. The van der Waals surface area contributed by atoms with Gasteiger partial charge in [0.2, 0.25) is 5.91 Å². The van der Waals surface area contributed by atoms with E-state index in [4.69, 9.17) is 4.42 Å². The molecule has 4 aromatic rings. The summed E-state index contributed by atoms with van der Waals surface area (Å²) in [6.07, 6.45) is 1.45. The van der Waals surface area contributed by atoms with E-state index >= 15 is 0 Å². The van der Waals surface area contributed by atoms with E-state index in [1.807, 2.05) is 0 Å². The first kappa shape index (κ1) is 21.2.